The van der Waals surface area contributed by atoms with Crippen molar-refractivity contribution in [2.75, 3.05) is 32.1 Å². The van der Waals surface area contributed by atoms with Crippen LogP contribution in [0.3, 0.4) is 0 Å². The third-order valence-electron chi connectivity index (χ3n) is 11.1. The molecule has 1 saturated heterocycles. The van der Waals surface area contributed by atoms with Gasteiger partial charge in [0.25, 0.3) is 5.56 Å². The van der Waals surface area contributed by atoms with E-state index >= 15 is 0 Å². The van der Waals surface area contributed by atoms with Crippen molar-refractivity contribution < 1.29 is 9.13 Å². The first kappa shape index (κ1) is 31.8. The molecule has 2 atom stereocenters. The summed E-state index contributed by atoms with van der Waals surface area (Å²) in [7, 11) is 1.51. The second kappa shape index (κ2) is 12.3. The number of aryl methyl sites for hydroxylation is 1. The molecule has 4 aliphatic rings. The van der Waals surface area contributed by atoms with E-state index in [0.29, 0.717) is 50.9 Å². The molecule has 2 aromatic carbocycles. The zero-order chi connectivity index (χ0) is 32.9. The molecule has 0 unspecified atom stereocenters. The first-order valence-electron chi connectivity index (χ1n) is 16.6. The van der Waals surface area contributed by atoms with Crippen LogP contribution in [0.25, 0.3) is 21.7 Å². The molecule has 9 nitrogen and oxygen atoms in total. The molecule has 2 aromatic heterocycles. The predicted molar refractivity (Wildman–Crippen MR) is 187 cm³/mol. The maximum atomic E-state index is 14.8. The molecule has 0 amide bonds. The van der Waals surface area contributed by atoms with Gasteiger partial charge < -0.3 is 20.3 Å². The van der Waals surface area contributed by atoms with Gasteiger partial charge in [0.15, 0.2) is 16.8 Å². The average molecular weight is 658 g/mol. The van der Waals surface area contributed by atoms with Crippen molar-refractivity contribution in [2.24, 2.45) is 21.7 Å². The number of aliphatic imine (C=N–C) groups is 1. The number of methoxy groups -OCH3 is 1. The molecular formula is C36H44FN7O2S. The fraction of sp³-hybridized carbons (Fsp3) is 0.500. The molecule has 4 fully saturated rings. The van der Waals surface area contributed by atoms with Crippen LogP contribution in [0.1, 0.15) is 52.5 Å². The van der Waals surface area contributed by atoms with Gasteiger partial charge >= 0.3 is 0 Å². The van der Waals surface area contributed by atoms with Crippen molar-refractivity contribution in [3.8, 4) is 16.6 Å². The van der Waals surface area contributed by atoms with E-state index in [0.717, 1.165) is 43.6 Å². The Labute approximate surface area is 279 Å². The van der Waals surface area contributed by atoms with E-state index in [9.17, 15) is 9.18 Å². The Morgan fingerprint density at radius 1 is 1.21 bits per heavy atom. The van der Waals surface area contributed by atoms with E-state index in [2.05, 4.69) is 48.2 Å². The number of nitrogens with one attached hydrogen (secondary N) is 2. The highest BCUT2D eigenvalue weighted by Gasteiger charge is 2.59. The van der Waals surface area contributed by atoms with E-state index in [4.69, 9.17) is 14.7 Å². The normalized spacial score (nSPS) is 25.4. The van der Waals surface area contributed by atoms with E-state index < -0.39 is 0 Å². The summed E-state index contributed by atoms with van der Waals surface area (Å²) in [5.74, 6) is 2.21. The molecule has 3 aliphatic carbocycles. The Hall–Kier alpha value is -3.83. The summed E-state index contributed by atoms with van der Waals surface area (Å²) in [5.41, 5.74) is 2.16. The molecule has 11 heteroatoms. The van der Waals surface area contributed by atoms with E-state index in [1.807, 2.05) is 23.6 Å². The van der Waals surface area contributed by atoms with Crippen molar-refractivity contribution in [3.63, 3.8) is 0 Å². The number of rotatable bonds is 7. The van der Waals surface area contributed by atoms with Gasteiger partial charge in [-0.05, 0) is 79.2 Å². The number of anilines is 1. The van der Waals surface area contributed by atoms with Crippen LogP contribution in [-0.2, 0) is 13.0 Å². The molecule has 248 valence electrons. The first-order valence-corrected chi connectivity index (χ1v) is 17.5. The minimum absolute atomic E-state index is 0.0989. The second-order valence-corrected chi connectivity index (χ2v) is 15.3. The summed E-state index contributed by atoms with van der Waals surface area (Å²) in [6.45, 7) is 12.3. The summed E-state index contributed by atoms with van der Waals surface area (Å²) in [4.78, 5) is 31.3. The fourth-order valence-electron chi connectivity index (χ4n) is 7.82. The van der Waals surface area contributed by atoms with Crippen LogP contribution in [0.2, 0.25) is 0 Å². The van der Waals surface area contributed by atoms with Gasteiger partial charge in [0.2, 0.25) is 0 Å². The third kappa shape index (κ3) is 5.92. The van der Waals surface area contributed by atoms with Crippen LogP contribution in [0.15, 0.2) is 57.8 Å². The summed E-state index contributed by atoms with van der Waals surface area (Å²) >= 11 is 1.42. The lowest BCUT2D eigenvalue weighted by Gasteiger charge is -2.63. The smallest absolute Gasteiger partial charge is 0.261 e. The average Bonchev–Trinajstić information content (AvgIpc) is 3.57. The van der Waals surface area contributed by atoms with E-state index in [-0.39, 0.29) is 29.4 Å². The monoisotopic (exact) mass is 657 g/mol. The number of benzene rings is 2. The van der Waals surface area contributed by atoms with Crippen LogP contribution >= 0.6 is 11.3 Å². The van der Waals surface area contributed by atoms with Crippen molar-refractivity contribution in [1.82, 2.24) is 24.8 Å². The number of hydrogen-bond acceptors (Lipinski definition) is 7. The molecular weight excluding hydrogens is 614 g/mol. The number of piperazine rings is 1. The number of hydrogen-bond donors (Lipinski definition) is 2. The van der Waals surface area contributed by atoms with Crippen LogP contribution < -0.4 is 20.9 Å². The van der Waals surface area contributed by atoms with Crippen molar-refractivity contribution in [3.05, 3.63) is 69.7 Å². The summed E-state index contributed by atoms with van der Waals surface area (Å²) in [6.07, 6.45) is 5.73. The van der Waals surface area contributed by atoms with Gasteiger partial charge in [-0.3, -0.25) is 9.36 Å². The third-order valence-corrected chi connectivity index (χ3v) is 11.8. The number of nitrogens with zero attached hydrogens (tertiary/aromatic N) is 5. The van der Waals surface area contributed by atoms with Crippen molar-refractivity contribution >= 4 is 33.9 Å². The van der Waals surface area contributed by atoms with E-state index in [1.54, 1.807) is 22.9 Å². The Morgan fingerprint density at radius 3 is 2.77 bits per heavy atom. The van der Waals surface area contributed by atoms with Crippen molar-refractivity contribution in [1.29, 1.82) is 0 Å². The number of ether oxygens (including phenoxy) is 1. The molecule has 47 heavy (non-hydrogen) atoms. The highest BCUT2D eigenvalue weighted by Crippen LogP contribution is 2.65. The number of guanidine groups is 1. The van der Waals surface area contributed by atoms with Gasteiger partial charge in [-0.2, -0.15) is 0 Å². The largest absolute Gasteiger partial charge is 0.497 e. The molecule has 0 spiro atoms. The van der Waals surface area contributed by atoms with Gasteiger partial charge in [0.05, 0.1) is 24.1 Å². The van der Waals surface area contributed by atoms with Gasteiger partial charge in [0.1, 0.15) is 11.6 Å². The molecule has 0 radical (unpaired) electrons. The quantitative estimate of drug-likeness (QED) is 0.181. The number of fused-ring (bicyclic) bond motifs is 3. The zero-order valence-electron chi connectivity index (χ0n) is 27.8. The lowest BCUT2D eigenvalue weighted by Crippen LogP contribution is -2.59. The maximum Gasteiger partial charge on any atom is 0.261 e. The summed E-state index contributed by atoms with van der Waals surface area (Å²) < 4.78 is 21.5. The lowest BCUT2D eigenvalue weighted by atomic mass is 9.43. The number of halogens is 1. The molecule has 3 heterocycles. The van der Waals surface area contributed by atoms with E-state index in [1.165, 1.54) is 37.4 Å². The standard InChI is InChI=1S/C36H44FN7O2S/c1-22-21-43(14-11-38-22)34(42-30-16-23-19-36(4,20-23)35(30,2)3)40-25-7-9-27-29(17-25)41-31(32-39-12-15-47-32)44(33(27)45)13-10-24-6-8-26(46-5)18-28(24)37/h6-9,12,15,17-18,22-23,30,38H,10-11,13-14,16,19-21H2,1-5H3,(H,40,42)/t22-,23?,30-,36?/m0/s1. The lowest BCUT2D eigenvalue weighted by molar-refractivity contribution is -0.114. The highest BCUT2D eigenvalue weighted by atomic mass is 32.1. The van der Waals surface area contributed by atoms with Crippen molar-refractivity contribution in [2.45, 2.75) is 72.0 Å². The predicted octanol–water partition coefficient (Wildman–Crippen LogP) is 6.19. The van der Waals surface area contributed by atoms with Crippen LogP contribution in [0, 0.1) is 22.6 Å². The molecule has 2 bridgehead atoms. The minimum Gasteiger partial charge on any atom is -0.497 e. The van der Waals surface area contributed by atoms with Gasteiger partial charge in [-0.25, -0.2) is 19.4 Å². The number of aromatic nitrogens is 3. The molecule has 8 rings (SSSR count). The van der Waals surface area contributed by atoms with Crippen LogP contribution in [0.5, 0.6) is 5.75 Å². The van der Waals surface area contributed by atoms with Gasteiger partial charge in [-0.15, -0.1) is 11.3 Å². The number of thiazole rings is 1. The molecule has 2 N–H and O–H groups in total. The van der Waals surface area contributed by atoms with Crippen LogP contribution in [-0.4, -0.2) is 64.2 Å². The first-order chi connectivity index (χ1) is 22.5. The molecule has 4 aromatic rings. The SMILES string of the molecule is COc1ccc(CCn2c(-c3nccs3)nc3cc(NC(=N[C@H]4CC5CC(C)(C5)C4(C)C)N4CCN[C@@H](C)C4)ccc3c2=O)c(F)c1. The summed E-state index contributed by atoms with van der Waals surface area (Å²) in [6, 6.07) is 11.1. The topological polar surface area (TPSA) is 96.7 Å². The van der Waals surface area contributed by atoms with Crippen LogP contribution in [0.4, 0.5) is 10.1 Å². The Bertz CT molecular complexity index is 1870. The Balaban J connectivity index is 1.23. The fourth-order valence-corrected chi connectivity index (χ4v) is 8.46. The zero-order valence-corrected chi connectivity index (χ0v) is 28.7. The summed E-state index contributed by atoms with van der Waals surface area (Å²) in [5, 5.41) is 10.2. The van der Waals surface area contributed by atoms with Gasteiger partial charge in [0, 0.05) is 55.6 Å². The van der Waals surface area contributed by atoms with Gasteiger partial charge in [-0.1, -0.05) is 26.8 Å². The Morgan fingerprint density at radius 2 is 2.04 bits per heavy atom. The minimum atomic E-state index is -0.364. The maximum absolute atomic E-state index is 14.8. The molecule has 1 aliphatic heterocycles. The molecule has 3 saturated carbocycles. The highest BCUT2D eigenvalue weighted by molar-refractivity contribution is 7.13. The Kier molecular flexibility index (Phi) is 8.32. The second-order valence-electron chi connectivity index (χ2n) is 14.4.